The third kappa shape index (κ3) is 3.78. The highest BCUT2D eigenvalue weighted by atomic mass is 16.3. The first-order chi connectivity index (χ1) is 17.0. The summed E-state index contributed by atoms with van der Waals surface area (Å²) in [4.78, 5) is 0. The van der Waals surface area contributed by atoms with Gasteiger partial charge in [-0.05, 0) is 118 Å². The minimum Gasteiger partial charge on any atom is -0.851 e. The highest BCUT2D eigenvalue weighted by Crippen LogP contribution is 2.53. The average Bonchev–Trinajstić information content (AvgIpc) is 3.11. The van der Waals surface area contributed by atoms with Crippen LogP contribution in [0, 0.1) is 27.7 Å². The summed E-state index contributed by atoms with van der Waals surface area (Å²) in [6.45, 7) is 17.2. The Morgan fingerprint density at radius 1 is 0.528 bits per heavy atom. The van der Waals surface area contributed by atoms with E-state index in [0.29, 0.717) is 11.8 Å². The predicted octanol–water partition coefficient (Wildman–Crippen LogP) is 6.72. The van der Waals surface area contributed by atoms with Crippen molar-refractivity contribution in [3.05, 3.63) is 93.0 Å². The van der Waals surface area contributed by atoms with Crippen molar-refractivity contribution in [1.29, 1.82) is 0 Å². The van der Waals surface area contributed by atoms with Gasteiger partial charge in [-0.25, -0.2) is 0 Å². The number of hydrogen-bond donors (Lipinski definition) is 0. The molecule has 2 heteroatoms. The topological polar surface area (TPSA) is 46.1 Å². The van der Waals surface area contributed by atoms with E-state index in [4.69, 9.17) is 0 Å². The number of hydrogen-bond acceptors (Lipinski definition) is 2. The minimum absolute atomic E-state index is 0.417. The van der Waals surface area contributed by atoms with Crippen LogP contribution >= 0.6 is 0 Å². The fourth-order valence-corrected chi connectivity index (χ4v) is 6.39. The summed E-state index contributed by atoms with van der Waals surface area (Å²) < 4.78 is 0. The van der Waals surface area contributed by atoms with Crippen LogP contribution in [-0.2, 0) is 0 Å². The Kier molecular flexibility index (Phi) is 6.25. The molecule has 0 aromatic heterocycles. The van der Waals surface area contributed by atoms with Gasteiger partial charge in [-0.3, -0.25) is 0 Å². The summed E-state index contributed by atoms with van der Waals surface area (Å²) in [7, 11) is 0. The van der Waals surface area contributed by atoms with Crippen molar-refractivity contribution in [3.8, 4) is 22.3 Å². The molecule has 0 amide bonds. The van der Waals surface area contributed by atoms with Gasteiger partial charge in [0.05, 0.1) is 0 Å². The Labute approximate surface area is 216 Å². The molecule has 0 bridgehead atoms. The van der Waals surface area contributed by atoms with Gasteiger partial charge in [0.1, 0.15) is 0 Å². The first-order valence-corrected chi connectivity index (χ1v) is 13.4. The van der Waals surface area contributed by atoms with E-state index in [2.05, 4.69) is 104 Å². The van der Waals surface area contributed by atoms with Crippen LogP contribution in [0.1, 0.15) is 95.9 Å². The van der Waals surface area contributed by atoms with Crippen LogP contribution in [0.4, 0.5) is 0 Å². The molecule has 0 heterocycles. The highest BCUT2D eigenvalue weighted by molar-refractivity contribution is 5.81. The molecule has 0 aromatic rings. The van der Waals surface area contributed by atoms with Crippen molar-refractivity contribution in [2.75, 3.05) is 0 Å². The third-order valence-corrected chi connectivity index (χ3v) is 8.64. The van der Waals surface area contributed by atoms with Crippen molar-refractivity contribution in [2.45, 2.75) is 91.3 Å². The molecule has 188 valence electrons. The third-order valence-electron chi connectivity index (χ3n) is 8.64. The van der Waals surface area contributed by atoms with Crippen LogP contribution in [0.2, 0.25) is 0 Å². The molecular weight excluding hydrogens is 440 g/mol. The van der Waals surface area contributed by atoms with Gasteiger partial charge in [0, 0.05) is 0 Å². The van der Waals surface area contributed by atoms with Crippen LogP contribution in [0.25, 0.3) is 22.3 Å². The molecule has 0 N–H and O–H groups in total. The van der Waals surface area contributed by atoms with Crippen LogP contribution < -0.4 is 10.2 Å². The van der Waals surface area contributed by atoms with Crippen LogP contribution in [0.15, 0.2) is 48.5 Å². The molecule has 0 unspecified atom stereocenters. The lowest BCUT2D eigenvalue weighted by Crippen LogP contribution is -2.63. The van der Waals surface area contributed by atoms with E-state index in [1.165, 1.54) is 22.3 Å². The number of fused-ring (bicyclic) bond motifs is 2. The molecule has 0 aliphatic heterocycles. The molecular formula is C34H38O2-2. The number of rotatable bonds is 4. The number of aryl methyl sites for hydroxylation is 4. The second-order valence-electron chi connectivity index (χ2n) is 11.8. The largest absolute Gasteiger partial charge is 0.851 e. The Morgan fingerprint density at radius 3 is 1.22 bits per heavy atom. The molecule has 36 heavy (non-hydrogen) atoms. The summed E-state index contributed by atoms with van der Waals surface area (Å²) >= 11 is 0. The zero-order valence-electron chi connectivity index (χ0n) is 22.9. The molecule has 2 nitrogen and oxygen atoms in total. The molecule has 5 aliphatic rings. The van der Waals surface area contributed by atoms with Gasteiger partial charge in [-0.15, -0.1) is 12.2 Å². The molecule has 5 aliphatic carbocycles. The summed E-state index contributed by atoms with van der Waals surface area (Å²) in [5.74, 6) is -0.187. The van der Waals surface area contributed by atoms with E-state index in [-0.39, 0.29) is 0 Å². The van der Waals surface area contributed by atoms with E-state index in [1.54, 1.807) is 0 Å². The predicted molar refractivity (Wildman–Crippen MR) is 146 cm³/mol. The Hall–Kier alpha value is -2.68. The first kappa shape index (κ1) is 25.0. The molecule has 0 radical (unpaired) electrons. The van der Waals surface area contributed by atoms with E-state index in [1.807, 2.05) is 0 Å². The standard InChI is InChI=1S/C34H38O2/c1-17(2)23-11-9-19(5)29-25(15-23)21(7)13-27(29)31-33(35)32(34(31)36)28-14-22(8)26-16-24(18(3)4)12-10-20(6)30(26)28/h9-18,31-34H,1-8H3/q-2. The maximum absolute atomic E-state index is 13.9. The molecule has 5 rings (SSSR count). The van der Waals surface area contributed by atoms with Gasteiger partial charge < -0.3 is 10.2 Å². The fraction of sp³-hybridized carbons (Fsp3) is 0.412. The van der Waals surface area contributed by atoms with Crippen LogP contribution in [-0.4, -0.2) is 12.2 Å². The maximum Gasteiger partial charge on any atom is -0.0118 e. The smallest absolute Gasteiger partial charge is 0.0118 e. The van der Waals surface area contributed by atoms with Crippen LogP contribution in [0.5, 0.6) is 0 Å². The summed E-state index contributed by atoms with van der Waals surface area (Å²) in [6.07, 6.45) is -1.88. The minimum atomic E-state index is -0.938. The summed E-state index contributed by atoms with van der Waals surface area (Å²) in [5, 5.41) is 27.8. The zero-order valence-corrected chi connectivity index (χ0v) is 22.9. The van der Waals surface area contributed by atoms with Gasteiger partial charge in [-0.1, -0.05) is 76.2 Å². The SMILES string of the molecule is Cc1cc(C2C([O-])C(c3cc(C)c4cc(C(C)C)ccc(C)c3-4)C2[O-])c2c(C)ccc(C(C)C)cc1-2. The lowest BCUT2D eigenvalue weighted by Gasteiger charge is -2.62. The molecule has 0 saturated heterocycles. The van der Waals surface area contributed by atoms with Crippen molar-refractivity contribution in [2.24, 2.45) is 0 Å². The Bertz CT molecular complexity index is 1260. The molecule has 1 fully saturated rings. The van der Waals surface area contributed by atoms with Gasteiger partial charge in [0.25, 0.3) is 0 Å². The summed E-state index contributed by atoms with van der Waals surface area (Å²) in [5.41, 5.74) is 13.6. The average molecular weight is 479 g/mol. The van der Waals surface area contributed by atoms with Gasteiger partial charge in [0.2, 0.25) is 0 Å². The van der Waals surface area contributed by atoms with Crippen molar-refractivity contribution in [1.82, 2.24) is 0 Å². The Morgan fingerprint density at radius 2 is 0.889 bits per heavy atom. The van der Waals surface area contributed by atoms with Crippen LogP contribution in [0.3, 0.4) is 0 Å². The van der Waals surface area contributed by atoms with Gasteiger partial charge >= 0.3 is 0 Å². The fourth-order valence-electron chi connectivity index (χ4n) is 6.39. The quantitative estimate of drug-likeness (QED) is 0.327. The normalized spacial score (nSPS) is 22.1. The molecule has 1 saturated carbocycles. The second kappa shape index (κ2) is 9.01. The second-order valence-corrected chi connectivity index (χ2v) is 11.8. The lowest BCUT2D eigenvalue weighted by molar-refractivity contribution is -0.535. The van der Waals surface area contributed by atoms with E-state index >= 15 is 0 Å². The zero-order chi connectivity index (χ0) is 26.0. The molecule has 0 aromatic carbocycles. The first-order valence-electron chi connectivity index (χ1n) is 13.4. The van der Waals surface area contributed by atoms with E-state index < -0.39 is 24.0 Å². The monoisotopic (exact) mass is 478 g/mol. The summed E-state index contributed by atoms with van der Waals surface area (Å²) in [6, 6.07) is 17.4. The van der Waals surface area contributed by atoms with Crippen molar-refractivity contribution >= 4 is 0 Å². The maximum atomic E-state index is 13.9. The van der Waals surface area contributed by atoms with E-state index in [0.717, 1.165) is 44.5 Å². The molecule has 0 atom stereocenters. The lowest BCUT2D eigenvalue weighted by atomic mass is 9.62. The van der Waals surface area contributed by atoms with E-state index in [9.17, 15) is 10.2 Å². The van der Waals surface area contributed by atoms with Gasteiger partial charge in [-0.2, -0.15) is 0 Å². The van der Waals surface area contributed by atoms with Crippen molar-refractivity contribution < 1.29 is 10.2 Å². The molecule has 0 spiro atoms. The highest BCUT2D eigenvalue weighted by Gasteiger charge is 2.42. The van der Waals surface area contributed by atoms with Crippen molar-refractivity contribution in [3.63, 3.8) is 0 Å². The van der Waals surface area contributed by atoms with Gasteiger partial charge in [0.15, 0.2) is 0 Å². The Balaban J connectivity index is 1.57.